The van der Waals surface area contributed by atoms with E-state index >= 15 is 0 Å². The number of rotatable bonds is 8. The monoisotopic (exact) mass is 434 g/mol. The summed E-state index contributed by atoms with van der Waals surface area (Å²) in [5, 5.41) is 2.79. The van der Waals surface area contributed by atoms with Crippen LogP contribution in [0.1, 0.15) is 37.7 Å². The zero-order valence-corrected chi connectivity index (χ0v) is 17.8. The Morgan fingerprint density at radius 1 is 1.07 bits per heavy atom. The van der Waals surface area contributed by atoms with Gasteiger partial charge in [-0.1, -0.05) is 31.4 Å². The minimum atomic E-state index is -3.92. The Balaban J connectivity index is 1.73. The topological polar surface area (TPSA) is 75.7 Å². The number of amides is 1. The molecule has 0 radical (unpaired) electrons. The summed E-state index contributed by atoms with van der Waals surface area (Å²) in [6.07, 6.45) is 4.34. The first-order chi connectivity index (χ1) is 14.4. The lowest BCUT2D eigenvalue weighted by molar-refractivity contribution is -0.121. The molecule has 0 spiro atoms. The van der Waals surface area contributed by atoms with Crippen LogP contribution in [0.3, 0.4) is 0 Å². The average molecular weight is 435 g/mol. The summed E-state index contributed by atoms with van der Waals surface area (Å²) >= 11 is 0. The van der Waals surface area contributed by atoms with Gasteiger partial charge in [-0.15, -0.1) is 0 Å². The zero-order chi connectivity index (χ0) is 21.6. The smallest absolute Gasteiger partial charge is 0.243 e. The second kappa shape index (κ2) is 10.0. The molecule has 162 valence electrons. The number of nitrogens with one attached hydrogen (secondary N) is 1. The number of sulfonamides is 1. The predicted molar refractivity (Wildman–Crippen MR) is 112 cm³/mol. The van der Waals surface area contributed by atoms with Crippen molar-refractivity contribution in [3.05, 3.63) is 59.9 Å². The molecule has 0 unspecified atom stereocenters. The van der Waals surface area contributed by atoms with Gasteiger partial charge in [0.05, 0.1) is 18.6 Å². The highest BCUT2D eigenvalue weighted by Gasteiger charge is 2.33. The SMILES string of the molecule is COc1ccc(CNC(=O)CN(C2CCCCC2)S(=O)(=O)c2ccc(F)cc2)cc1. The van der Waals surface area contributed by atoms with Gasteiger partial charge in [-0.05, 0) is 54.8 Å². The molecule has 1 N–H and O–H groups in total. The van der Waals surface area contributed by atoms with E-state index in [4.69, 9.17) is 4.74 Å². The summed E-state index contributed by atoms with van der Waals surface area (Å²) in [6, 6.07) is 11.8. The first-order valence-electron chi connectivity index (χ1n) is 10.1. The number of methoxy groups -OCH3 is 1. The van der Waals surface area contributed by atoms with Gasteiger partial charge >= 0.3 is 0 Å². The summed E-state index contributed by atoms with van der Waals surface area (Å²) in [5.41, 5.74) is 0.884. The molecule has 1 aliphatic rings. The average Bonchev–Trinajstić information content (AvgIpc) is 2.77. The molecule has 0 saturated heterocycles. The quantitative estimate of drug-likeness (QED) is 0.690. The van der Waals surface area contributed by atoms with Crippen LogP contribution in [0.25, 0.3) is 0 Å². The van der Waals surface area contributed by atoms with Gasteiger partial charge in [0.15, 0.2) is 0 Å². The summed E-state index contributed by atoms with van der Waals surface area (Å²) in [6.45, 7) is 0.0263. The summed E-state index contributed by atoms with van der Waals surface area (Å²) < 4.78 is 46.1. The number of carbonyl (C=O) groups excluding carboxylic acids is 1. The van der Waals surface area contributed by atoms with Gasteiger partial charge in [-0.2, -0.15) is 4.31 Å². The highest BCUT2D eigenvalue weighted by molar-refractivity contribution is 7.89. The number of carbonyl (C=O) groups is 1. The molecule has 2 aromatic carbocycles. The Morgan fingerprint density at radius 3 is 2.30 bits per heavy atom. The highest BCUT2D eigenvalue weighted by Crippen LogP contribution is 2.27. The molecule has 8 heteroatoms. The van der Waals surface area contributed by atoms with E-state index in [1.807, 2.05) is 12.1 Å². The van der Waals surface area contributed by atoms with Crippen LogP contribution in [0.2, 0.25) is 0 Å². The Morgan fingerprint density at radius 2 is 1.70 bits per heavy atom. The molecule has 6 nitrogen and oxygen atoms in total. The molecule has 0 heterocycles. The number of hydrogen-bond acceptors (Lipinski definition) is 4. The van der Waals surface area contributed by atoms with Crippen LogP contribution >= 0.6 is 0 Å². The third-order valence-corrected chi connectivity index (χ3v) is 7.26. The predicted octanol–water partition coefficient (Wildman–Crippen LogP) is 3.47. The molecule has 0 aliphatic heterocycles. The van der Waals surface area contributed by atoms with Gasteiger partial charge in [0, 0.05) is 12.6 Å². The number of halogens is 1. The molecule has 1 amide bonds. The van der Waals surface area contributed by atoms with Crippen molar-refractivity contribution in [3.8, 4) is 5.75 Å². The third kappa shape index (κ3) is 5.58. The summed E-state index contributed by atoms with van der Waals surface area (Å²) in [7, 11) is -2.33. The largest absolute Gasteiger partial charge is 0.497 e. The number of nitrogens with zero attached hydrogens (tertiary/aromatic N) is 1. The number of benzene rings is 2. The van der Waals surface area contributed by atoms with Crippen molar-refractivity contribution in [2.24, 2.45) is 0 Å². The Kier molecular flexibility index (Phi) is 7.44. The standard InChI is InChI=1S/C22H27FN2O4S/c1-29-20-11-7-17(8-12-20)15-24-22(26)16-25(19-5-3-2-4-6-19)30(27,28)21-13-9-18(23)10-14-21/h7-14,19H,2-6,15-16H2,1H3,(H,24,26). The van der Waals surface area contributed by atoms with E-state index < -0.39 is 15.8 Å². The Bertz CT molecular complexity index is 940. The lowest BCUT2D eigenvalue weighted by Gasteiger charge is -2.33. The maximum Gasteiger partial charge on any atom is 0.243 e. The zero-order valence-electron chi connectivity index (χ0n) is 17.0. The molecular formula is C22H27FN2O4S. The van der Waals surface area contributed by atoms with E-state index in [9.17, 15) is 17.6 Å². The maximum atomic E-state index is 13.3. The van der Waals surface area contributed by atoms with E-state index in [1.54, 1.807) is 19.2 Å². The van der Waals surface area contributed by atoms with Crippen LogP contribution in [-0.4, -0.2) is 38.3 Å². The molecule has 0 bridgehead atoms. The highest BCUT2D eigenvalue weighted by atomic mass is 32.2. The Hall–Kier alpha value is -2.45. The normalized spacial score (nSPS) is 15.2. The number of ether oxygens (including phenoxy) is 1. The molecule has 3 rings (SSSR count). The van der Waals surface area contributed by atoms with Crippen molar-refractivity contribution in [3.63, 3.8) is 0 Å². The van der Waals surface area contributed by atoms with Crippen LogP contribution in [0.15, 0.2) is 53.4 Å². The van der Waals surface area contributed by atoms with E-state index in [1.165, 1.54) is 16.4 Å². The fourth-order valence-electron chi connectivity index (χ4n) is 3.66. The van der Waals surface area contributed by atoms with Gasteiger partial charge in [-0.25, -0.2) is 12.8 Å². The van der Waals surface area contributed by atoms with Crippen molar-refractivity contribution < 1.29 is 22.3 Å². The second-order valence-corrected chi connectivity index (χ2v) is 9.31. The van der Waals surface area contributed by atoms with Gasteiger partial charge in [0.2, 0.25) is 15.9 Å². The van der Waals surface area contributed by atoms with Gasteiger partial charge in [-0.3, -0.25) is 4.79 Å². The van der Waals surface area contributed by atoms with E-state index in [2.05, 4.69) is 5.32 Å². The minimum Gasteiger partial charge on any atom is -0.497 e. The molecule has 1 saturated carbocycles. The van der Waals surface area contributed by atoms with Crippen molar-refractivity contribution in [2.45, 2.75) is 49.6 Å². The van der Waals surface area contributed by atoms with Crippen LogP contribution in [0, 0.1) is 5.82 Å². The van der Waals surface area contributed by atoms with E-state index in [-0.39, 0.29) is 29.9 Å². The van der Waals surface area contributed by atoms with Gasteiger partial charge in [0.25, 0.3) is 0 Å². The molecular weight excluding hydrogens is 407 g/mol. The summed E-state index contributed by atoms with van der Waals surface area (Å²) in [4.78, 5) is 12.6. The molecule has 30 heavy (non-hydrogen) atoms. The van der Waals surface area contributed by atoms with E-state index in [0.29, 0.717) is 12.8 Å². The molecule has 1 fully saturated rings. The van der Waals surface area contributed by atoms with E-state index in [0.717, 1.165) is 42.7 Å². The number of hydrogen-bond donors (Lipinski definition) is 1. The fourth-order valence-corrected chi connectivity index (χ4v) is 5.30. The van der Waals surface area contributed by atoms with Crippen molar-refractivity contribution in [1.29, 1.82) is 0 Å². The van der Waals surface area contributed by atoms with Crippen molar-refractivity contribution in [2.75, 3.05) is 13.7 Å². The minimum absolute atomic E-state index is 0.00238. The molecule has 2 aromatic rings. The van der Waals surface area contributed by atoms with Crippen molar-refractivity contribution >= 4 is 15.9 Å². The van der Waals surface area contributed by atoms with Gasteiger partial charge < -0.3 is 10.1 Å². The molecule has 0 aromatic heterocycles. The van der Waals surface area contributed by atoms with Crippen LogP contribution in [0.4, 0.5) is 4.39 Å². The lowest BCUT2D eigenvalue weighted by Crippen LogP contribution is -2.46. The molecule has 0 atom stereocenters. The lowest BCUT2D eigenvalue weighted by atomic mass is 9.95. The second-order valence-electron chi connectivity index (χ2n) is 7.42. The first-order valence-corrected chi connectivity index (χ1v) is 11.5. The molecule has 1 aliphatic carbocycles. The van der Waals surface area contributed by atoms with Crippen LogP contribution < -0.4 is 10.1 Å². The summed E-state index contributed by atoms with van der Waals surface area (Å²) in [5.74, 6) is -0.156. The maximum absolute atomic E-state index is 13.3. The first kappa shape index (κ1) is 22.2. The third-order valence-electron chi connectivity index (χ3n) is 5.35. The van der Waals surface area contributed by atoms with Crippen LogP contribution in [0.5, 0.6) is 5.75 Å². The Labute approximate surface area is 177 Å². The van der Waals surface area contributed by atoms with Crippen LogP contribution in [-0.2, 0) is 21.4 Å². The fraction of sp³-hybridized carbons (Fsp3) is 0.409. The van der Waals surface area contributed by atoms with Crippen molar-refractivity contribution in [1.82, 2.24) is 9.62 Å². The van der Waals surface area contributed by atoms with Gasteiger partial charge in [0.1, 0.15) is 11.6 Å².